The van der Waals surface area contributed by atoms with Crippen LogP contribution in [0.5, 0.6) is 0 Å². The van der Waals surface area contributed by atoms with Crippen LogP contribution in [-0.4, -0.2) is 14.4 Å². The molecule has 2 aromatic carbocycles. The standard InChI is InChI=1S/C19H23N3O3S/c20-26(24,25)17-11-9-16(10-12-17)21-19(23)22-18(13-14-5-4-6-14)15-7-2-1-3-8-15/h1-3,7-12,14,18H,4-6,13H2,(H2,20,24,25)(H2,21,22,23). The Labute approximate surface area is 153 Å². The van der Waals surface area contributed by atoms with Gasteiger partial charge in [-0.2, -0.15) is 0 Å². The molecule has 0 saturated heterocycles. The Kier molecular flexibility index (Phi) is 5.58. The second-order valence-corrected chi connectivity index (χ2v) is 8.23. The van der Waals surface area contributed by atoms with E-state index in [0.29, 0.717) is 11.6 Å². The number of rotatable bonds is 6. The van der Waals surface area contributed by atoms with Crippen molar-refractivity contribution < 1.29 is 13.2 Å². The number of amides is 2. The molecule has 0 spiro atoms. The molecule has 0 aliphatic heterocycles. The average Bonchev–Trinajstić information content (AvgIpc) is 2.57. The molecule has 1 atom stereocenters. The van der Waals surface area contributed by atoms with Gasteiger partial charge in [-0.1, -0.05) is 49.6 Å². The van der Waals surface area contributed by atoms with E-state index in [1.54, 1.807) is 0 Å². The number of nitrogens with one attached hydrogen (secondary N) is 2. The predicted molar refractivity (Wildman–Crippen MR) is 101 cm³/mol. The van der Waals surface area contributed by atoms with Gasteiger partial charge in [0.25, 0.3) is 0 Å². The number of primary sulfonamides is 1. The van der Waals surface area contributed by atoms with Crippen LogP contribution in [0.25, 0.3) is 0 Å². The van der Waals surface area contributed by atoms with E-state index in [1.807, 2.05) is 30.3 Å². The molecule has 0 heterocycles. The van der Waals surface area contributed by atoms with Crippen LogP contribution in [0.4, 0.5) is 10.5 Å². The normalized spacial score (nSPS) is 15.7. The zero-order valence-corrected chi connectivity index (χ0v) is 15.2. The number of anilines is 1. The van der Waals surface area contributed by atoms with E-state index >= 15 is 0 Å². The van der Waals surface area contributed by atoms with E-state index in [4.69, 9.17) is 5.14 Å². The molecule has 1 fully saturated rings. The summed E-state index contributed by atoms with van der Waals surface area (Å²) in [7, 11) is -3.74. The number of carbonyl (C=O) groups is 1. The highest BCUT2D eigenvalue weighted by molar-refractivity contribution is 7.89. The fraction of sp³-hybridized carbons (Fsp3) is 0.316. The molecule has 2 amide bonds. The lowest BCUT2D eigenvalue weighted by molar-refractivity contribution is 0.235. The second kappa shape index (κ2) is 7.88. The van der Waals surface area contributed by atoms with Crippen molar-refractivity contribution in [3.05, 3.63) is 60.2 Å². The number of carbonyl (C=O) groups excluding carboxylic acids is 1. The monoisotopic (exact) mass is 373 g/mol. The molecule has 2 aromatic rings. The van der Waals surface area contributed by atoms with Gasteiger partial charge in [0.1, 0.15) is 0 Å². The molecular formula is C19H23N3O3S. The Bertz CT molecular complexity index is 847. The molecule has 4 N–H and O–H groups in total. The first-order valence-corrected chi connectivity index (χ1v) is 10.2. The lowest BCUT2D eigenvalue weighted by Crippen LogP contribution is -2.34. The van der Waals surface area contributed by atoms with Gasteiger partial charge in [-0.15, -0.1) is 0 Å². The number of nitrogens with two attached hydrogens (primary N) is 1. The van der Waals surface area contributed by atoms with Crippen molar-refractivity contribution in [1.29, 1.82) is 0 Å². The van der Waals surface area contributed by atoms with Crippen LogP contribution in [0, 0.1) is 5.92 Å². The van der Waals surface area contributed by atoms with Gasteiger partial charge in [0.15, 0.2) is 0 Å². The molecule has 1 unspecified atom stereocenters. The summed E-state index contributed by atoms with van der Waals surface area (Å²) in [4.78, 5) is 12.4. The number of hydrogen-bond acceptors (Lipinski definition) is 3. The fourth-order valence-electron chi connectivity index (χ4n) is 3.08. The minimum absolute atomic E-state index is 0.00982. The molecule has 1 aliphatic rings. The summed E-state index contributed by atoms with van der Waals surface area (Å²) in [5.41, 5.74) is 1.59. The molecule has 0 bridgehead atoms. The molecule has 26 heavy (non-hydrogen) atoms. The van der Waals surface area contributed by atoms with Crippen molar-refractivity contribution in [2.45, 2.75) is 36.6 Å². The Morgan fingerprint density at radius 3 is 2.27 bits per heavy atom. The van der Waals surface area contributed by atoms with Crippen molar-refractivity contribution >= 4 is 21.7 Å². The number of sulfonamides is 1. The van der Waals surface area contributed by atoms with Crippen LogP contribution in [0.15, 0.2) is 59.5 Å². The lowest BCUT2D eigenvalue weighted by Gasteiger charge is -2.30. The lowest BCUT2D eigenvalue weighted by atomic mass is 9.79. The molecule has 6 nitrogen and oxygen atoms in total. The maximum atomic E-state index is 12.4. The number of hydrogen-bond donors (Lipinski definition) is 3. The van der Waals surface area contributed by atoms with Crippen LogP contribution in [0.3, 0.4) is 0 Å². The Morgan fingerprint density at radius 1 is 1.08 bits per heavy atom. The first-order valence-electron chi connectivity index (χ1n) is 8.67. The zero-order valence-electron chi connectivity index (χ0n) is 14.4. The minimum Gasteiger partial charge on any atom is -0.331 e. The van der Waals surface area contributed by atoms with Crippen LogP contribution in [0.2, 0.25) is 0 Å². The molecular weight excluding hydrogens is 350 g/mol. The summed E-state index contributed by atoms with van der Waals surface area (Å²) in [5.74, 6) is 0.648. The number of urea groups is 1. The third kappa shape index (κ3) is 4.83. The zero-order chi connectivity index (χ0) is 18.6. The van der Waals surface area contributed by atoms with Crippen molar-refractivity contribution in [3.63, 3.8) is 0 Å². The smallest absolute Gasteiger partial charge is 0.319 e. The maximum Gasteiger partial charge on any atom is 0.319 e. The first kappa shape index (κ1) is 18.4. The fourth-order valence-corrected chi connectivity index (χ4v) is 3.59. The van der Waals surface area contributed by atoms with Gasteiger partial charge in [-0.25, -0.2) is 18.4 Å². The average molecular weight is 373 g/mol. The number of benzene rings is 2. The topological polar surface area (TPSA) is 101 Å². The van der Waals surface area contributed by atoms with E-state index in [1.165, 1.54) is 43.5 Å². The largest absolute Gasteiger partial charge is 0.331 e. The van der Waals surface area contributed by atoms with E-state index in [2.05, 4.69) is 10.6 Å². The SMILES string of the molecule is NS(=O)(=O)c1ccc(NC(=O)NC(CC2CCC2)c2ccccc2)cc1. The van der Waals surface area contributed by atoms with Crippen molar-refractivity contribution in [3.8, 4) is 0 Å². The van der Waals surface area contributed by atoms with Crippen molar-refractivity contribution in [1.82, 2.24) is 5.32 Å². The van der Waals surface area contributed by atoms with Crippen LogP contribution in [-0.2, 0) is 10.0 Å². The van der Waals surface area contributed by atoms with Gasteiger partial charge in [-0.3, -0.25) is 0 Å². The molecule has 0 aromatic heterocycles. The van der Waals surface area contributed by atoms with Gasteiger partial charge < -0.3 is 10.6 Å². The van der Waals surface area contributed by atoms with Gasteiger partial charge in [-0.05, 0) is 42.2 Å². The second-order valence-electron chi connectivity index (χ2n) is 6.66. The summed E-state index contributed by atoms with van der Waals surface area (Å²) in [6.07, 6.45) is 4.60. The van der Waals surface area contributed by atoms with Gasteiger partial charge in [0, 0.05) is 5.69 Å². The third-order valence-electron chi connectivity index (χ3n) is 4.74. The van der Waals surface area contributed by atoms with Crippen LogP contribution in [0.1, 0.15) is 37.3 Å². The van der Waals surface area contributed by atoms with E-state index in [-0.39, 0.29) is 17.0 Å². The van der Waals surface area contributed by atoms with E-state index in [0.717, 1.165) is 12.0 Å². The highest BCUT2D eigenvalue weighted by Gasteiger charge is 2.24. The van der Waals surface area contributed by atoms with Gasteiger partial charge in [0.05, 0.1) is 10.9 Å². The molecule has 138 valence electrons. The third-order valence-corrected chi connectivity index (χ3v) is 5.67. The van der Waals surface area contributed by atoms with Crippen molar-refractivity contribution in [2.75, 3.05) is 5.32 Å². The Balaban J connectivity index is 1.65. The molecule has 7 heteroatoms. The summed E-state index contributed by atoms with van der Waals surface area (Å²) in [6.45, 7) is 0. The minimum atomic E-state index is -3.74. The predicted octanol–water partition coefficient (Wildman–Crippen LogP) is 3.39. The Morgan fingerprint density at radius 2 is 1.73 bits per heavy atom. The highest BCUT2D eigenvalue weighted by Crippen LogP contribution is 2.34. The quantitative estimate of drug-likeness (QED) is 0.723. The van der Waals surface area contributed by atoms with Gasteiger partial charge >= 0.3 is 6.03 Å². The van der Waals surface area contributed by atoms with Crippen LogP contribution >= 0.6 is 0 Å². The van der Waals surface area contributed by atoms with Crippen LogP contribution < -0.4 is 15.8 Å². The van der Waals surface area contributed by atoms with Crippen molar-refractivity contribution in [2.24, 2.45) is 11.1 Å². The molecule has 1 saturated carbocycles. The first-order chi connectivity index (χ1) is 12.4. The highest BCUT2D eigenvalue weighted by atomic mass is 32.2. The summed E-state index contributed by atoms with van der Waals surface area (Å²) >= 11 is 0. The summed E-state index contributed by atoms with van der Waals surface area (Å²) in [6, 6.07) is 15.3. The molecule has 1 aliphatic carbocycles. The van der Waals surface area contributed by atoms with E-state index in [9.17, 15) is 13.2 Å². The summed E-state index contributed by atoms with van der Waals surface area (Å²) in [5, 5.41) is 10.9. The maximum absolute atomic E-state index is 12.4. The Hall–Kier alpha value is -2.38. The van der Waals surface area contributed by atoms with E-state index < -0.39 is 10.0 Å². The molecule has 0 radical (unpaired) electrons. The summed E-state index contributed by atoms with van der Waals surface area (Å²) < 4.78 is 22.6. The molecule has 3 rings (SSSR count). The van der Waals surface area contributed by atoms with Gasteiger partial charge in [0.2, 0.25) is 10.0 Å².